The van der Waals surface area contributed by atoms with Gasteiger partial charge in [0.1, 0.15) is 0 Å². The molecule has 1 nitrogen and oxygen atoms in total. The molecule has 0 fully saturated rings. The van der Waals surface area contributed by atoms with E-state index in [-0.39, 0.29) is 0 Å². The van der Waals surface area contributed by atoms with Crippen molar-refractivity contribution in [3.63, 3.8) is 0 Å². The minimum Gasteiger partial charge on any atom is -0.342 e. The van der Waals surface area contributed by atoms with Crippen molar-refractivity contribution in [1.82, 2.24) is 4.57 Å². The van der Waals surface area contributed by atoms with Gasteiger partial charge in [0.05, 0.1) is 6.54 Å². The van der Waals surface area contributed by atoms with E-state index >= 15 is 0 Å². The van der Waals surface area contributed by atoms with E-state index in [9.17, 15) is 0 Å². The smallest absolute Gasteiger partial charge is 0.0569 e. The zero-order valence-electron chi connectivity index (χ0n) is 10.2. The summed E-state index contributed by atoms with van der Waals surface area (Å²) in [6.45, 7) is 3.17. The summed E-state index contributed by atoms with van der Waals surface area (Å²) in [5, 5.41) is 1.29. The number of aryl methyl sites for hydroxylation is 1. The number of benzene rings is 1. The highest BCUT2D eigenvalue weighted by molar-refractivity contribution is 9.10. The lowest BCUT2D eigenvalue weighted by molar-refractivity contribution is 0.851. The molecule has 3 heteroatoms. The summed E-state index contributed by atoms with van der Waals surface area (Å²) in [7, 11) is 0. The van der Waals surface area contributed by atoms with Gasteiger partial charge in [0.25, 0.3) is 0 Å². The lowest BCUT2D eigenvalue weighted by Crippen LogP contribution is -1.94. The zero-order chi connectivity index (χ0) is 12.5. The van der Waals surface area contributed by atoms with Crippen molar-refractivity contribution in [2.75, 3.05) is 0 Å². The third kappa shape index (κ3) is 2.25. The van der Waals surface area contributed by atoms with Gasteiger partial charge in [0.15, 0.2) is 0 Å². The molecule has 0 atom stereocenters. The van der Waals surface area contributed by atoms with Crippen molar-refractivity contribution in [1.29, 1.82) is 0 Å². The van der Waals surface area contributed by atoms with Gasteiger partial charge in [-0.3, -0.25) is 0 Å². The Morgan fingerprint density at radius 3 is 2.72 bits per heavy atom. The largest absolute Gasteiger partial charge is 0.342 e. The Kier molecular flexibility index (Phi) is 3.27. The molecule has 0 aliphatic rings. The van der Waals surface area contributed by atoms with Crippen LogP contribution in [-0.4, -0.2) is 4.57 Å². The Bertz CT molecular complexity index is 681. The van der Waals surface area contributed by atoms with Crippen molar-refractivity contribution in [3.8, 4) is 0 Å². The number of thiophene rings is 1. The lowest BCUT2D eigenvalue weighted by atomic mass is 10.2. The standard InChI is InChI=1S/C15H14BrNS/c1-2-13-4-5-14(18-13)10-17-8-7-11-9-12(16)3-6-15(11)17/h3-9H,2,10H2,1H3. The molecule has 3 aromatic rings. The highest BCUT2D eigenvalue weighted by Crippen LogP contribution is 2.24. The summed E-state index contributed by atoms with van der Waals surface area (Å²) in [5.41, 5.74) is 1.30. The lowest BCUT2D eigenvalue weighted by Gasteiger charge is -2.03. The number of aromatic nitrogens is 1. The fourth-order valence-corrected chi connectivity index (χ4v) is 3.51. The minimum atomic E-state index is 0.968. The van der Waals surface area contributed by atoms with Crippen molar-refractivity contribution in [2.24, 2.45) is 0 Å². The summed E-state index contributed by atoms with van der Waals surface area (Å²) < 4.78 is 3.45. The first-order chi connectivity index (χ1) is 8.76. The zero-order valence-corrected chi connectivity index (χ0v) is 12.6. The molecule has 0 aliphatic heterocycles. The molecule has 0 saturated carbocycles. The number of hydrogen-bond donors (Lipinski definition) is 0. The van der Waals surface area contributed by atoms with E-state index < -0.39 is 0 Å². The molecule has 0 aliphatic carbocycles. The molecule has 3 rings (SSSR count). The summed E-state index contributed by atoms with van der Waals surface area (Å²) in [4.78, 5) is 2.89. The SMILES string of the molecule is CCc1ccc(Cn2ccc3cc(Br)ccc32)s1. The van der Waals surface area contributed by atoms with Crippen LogP contribution in [0.1, 0.15) is 16.7 Å². The van der Waals surface area contributed by atoms with E-state index in [0.717, 1.165) is 17.4 Å². The second-order valence-electron chi connectivity index (χ2n) is 4.37. The number of fused-ring (bicyclic) bond motifs is 1. The van der Waals surface area contributed by atoms with Gasteiger partial charge in [-0.2, -0.15) is 0 Å². The first kappa shape index (κ1) is 12.0. The highest BCUT2D eigenvalue weighted by Gasteiger charge is 2.04. The predicted molar refractivity (Wildman–Crippen MR) is 82.4 cm³/mol. The van der Waals surface area contributed by atoms with Crippen LogP contribution in [0.5, 0.6) is 0 Å². The molecule has 0 N–H and O–H groups in total. The average Bonchev–Trinajstić information content (AvgIpc) is 2.97. The quantitative estimate of drug-likeness (QED) is 0.634. The third-order valence-electron chi connectivity index (χ3n) is 3.12. The van der Waals surface area contributed by atoms with Gasteiger partial charge >= 0.3 is 0 Å². The van der Waals surface area contributed by atoms with E-state index in [1.165, 1.54) is 20.7 Å². The molecular weight excluding hydrogens is 306 g/mol. The number of nitrogens with zero attached hydrogens (tertiary/aromatic N) is 1. The molecule has 0 unspecified atom stereocenters. The van der Waals surface area contributed by atoms with Gasteiger partial charge in [-0.1, -0.05) is 22.9 Å². The summed E-state index contributed by atoms with van der Waals surface area (Å²) >= 11 is 5.43. The first-order valence-electron chi connectivity index (χ1n) is 6.08. The van der Waals surface area contributed by atoms with Crippen molar-refractivity contribution in [3.05, 3.63) is 56.8 Å². The molecule has 92 valence electrons. The average molecular weight is 320 g/mol. The minimum absolute atomic E-state index is 0.968. The Morgan fingerprint density at radius 2 is 1.94 bits per heavy atom. The van der Waals surface area contributed by atoms with Crippen LogP contribution in [0.3, 0.4) is 0 Å². The Labute approximate surface area is 119 Å². The predicted octanol–water partition coefficient (Wildman–Crippen LogP) is 5.08. The molecule has 0 spiro atoms. The van der Waals surface area contributed by atoms with Crippen LogP contribution in [0.4, 0.5) is 0 Å². The maximum absolute atomic E-state index is 3.51. The summed E-state index contributed by atoms with van der Waals surface area (Å²) in [6.07, 6.45) is 3.30. The molecule has 2 heterocycles. The second kappa shape index (κ2) is 4.90. The normalized spacial score (nSPS) is 11.2. The van der Waals surface area contributed by atoms with E-state index in [1.807, 2.05) is 11.3 Å². The van der Waals surface area contributed by atoms with E-state index in [4.69, 9.17) is 0 Å². The van der Waals surface area contributed by atoms with Crippen molar-refractivity contribution >= 4 is 38.2 Å². The van der Waals surface area contributed by atoms with Gasteiger partial charge in [-0.05, 0) is 42.8 Å². The number of halogens is 1. The monoisotopic (exact) mass is 319 g/mol. The van der Waals surface area contributed by atoms with Crippen LogP contribution in [-0.2, 0) is 13.0 Å². The molecule has 1 aromatic carbocycles. The third-order valence-corrected chi connectivity index (χ3v) is 4.83. The van der Waals surface area contributed by atoms with Gasteiger partial charge in [-0.15, -0.1) is 11.3 Å². The topological polar surface area (TPSA) is 4.93 Å². The Balaban J connectivity index is 1.95. The maximum Gasteiger partial charge on any atom is 0.0569 e. The Hall–Kier alpha value is -1.06. The van der Waals surface area contributed by atoms with Crippen LogP contribution < -0.4 is 0 Å². The van der Waals surface area contributed by atoms with Crippen molar-refractivity contribution < 1.29 is 0 Å². The van der Waals surface area contributed by atoms with Crippen LogP contribution in [0.2, 0.25) is 0 Å². The number of rotatable bonds is 3. The van der Waals surface area contributed by atoms with Gasteiger partial charge in [0.2, 0.25) is 0 Å². The highest BCUT2D eigenvalue weighted by atomic mass is 79.9. The van der Waals surface area contributed by atoms with Gasteiger partial charge in [-0.25, -0.2) is 0 Å². The van der Waals surface area contributed by atoms with E-state index in [0.29, 0.717) is 0 Å². The van der Waals surface area contributed by atoms with Gasteiger partial charge < -0.3 is 4.57 Å². The van der Waals surface area contributed by atoms with E-state index in [1.54, 1.807) is 0 Å². The fraction of sp³-hybridized carbons (Fsp3) is 0.200. The summed E-state index contributed by atoms with van der Waals surface area (Å²) in [5.74, 6) is 0. The maximum atomic E-state index is 3.51. The first-order valence-corrected chi connectivity index (χ1v) is 7.69. The molecule has 2 aromatic heterocycles. The van der Waals surface area contributed by atoms with Gasteiger partial charge in [0, 0.05) is 31.3 Å². The molecule has 0 saturated heterocycles. The van der Waals surface area contributed by atoms with Crippen LogP contribution in [0, 0.1) is 0 Å². The van der Waals surface area contributed by atoms with Crippen LogP contribution in [0.25, 0.3) is 10.9 Å². The molecular formula is C15H14BrNS. The molecule has 18 heavy (non-hydrogen) atoms. The molecule has 0 radical (unpaired) electrons. The summed E-state index contributed by atoms with van der Waals surface area (Å²) in [6, 6.07) is 13.1. The van der Waals surface area contributed by atoms with Crippen LogP contribution >= 0.6 is 27.3 Å². The number of hydrogen-bond acceptors (Lipinski definition) is 1. The molecule has 0 amide bonds. The second-order valence-corrected chi connectivity index (χ2v) is 6.54. The van der Waals surface area contributed by atoms with Crippen molar-refractivity contribution in [2.45, 2.75) is 19.9 Å². The van der Waals surface area contributed by atoms with E-state index in [2.05, 4.69) is 70.0 Å². The van der Waals surface area contributed by atoms with Crippen LogP contribution in [0.15, 0.2) is 47.1 Å². The molecule has 0 bridgehead atoms. The Morgan fingerprint density at radius 1 is 1.11 bits per heavy atom. The fourth-order valence-electron chi connectivity index (χ4n) is 2.17.